The van der Waals surface area contributed by atoms with Crippen LogP contribution in [0.1, 0.15) is 38.3 Å². The van der Waals surface area contributed by atoms with Crippen molar-refractivity contribution in [2.24, 2.45) is 5.11 Å². The molecule has 1 rings (SSSR count). The summed E-state index contributed by atoms with van der Waals surface area (Å²) in [6.07, 6.45) is 0.522. The standard InChI is InChI=1S/C14H18N4O3/c1-3-21-14(20)8-7-13(17-18-15)11-5-4-6-12(9-11)16-10(2)19/h4-6,9,13H,3,7-8H2,1-2H3,(H,16,19). The summed E-state index contributed by atoms with van der Waals surface area (Å²) in [4.78, 5) is 25.2. The smallest absolute Gasteiger partial charge is 0.305 e. The van der Waals surface area contributed by atoms with Gasteiger partial charge in [-0.3, -0.25) is 9.59 Å². The number of carbonyl (C=O) groups is 2. The molecule has 0 aliphatic carbocycles. The molecule has 1 amide bonds. The monoisotopic (exact) mass is 290 g/mol. The van der Waals surface area contributed by atoms with Gasteiger partial charge < -0.3 is 10.1 Å². The molecule has 1 aromatic carbocycles. The van der Waals surface area contributed by atoms with E-state index in [1.807, 2.05) is 0 Å². The van der Waals surface area contributed by atoms with Gasteiger partial charge in [0.1, 0.15) is 0 Å². The number of esters is 1. The van der Waals surface area contributed by atoms with E-state index in [4.69, 9.17) is 10.3 Å². The molecule has 0 spiro atoms. The average Bonchev–Trinajstić information content (AvgIpc) is 2.43. The molecule has 0 heterocycles. The van der Waals surface area contributed by atoms with E-state index in [1.54, 1.807) is 31.2 Å². The minimum atomic E-state index is -0.479. The molecular weight excluding hydrogens is 272 g/mol. The number of benzene rings is 1. The summed E-state index contributed by atoms with van der Waals surface area (Å²) in [6, 6.07) is 6.53. The fraction of sp³-hybridized carbons (Fsp3) is 0.429. The van der Waals surface area contributed by atoms with Crippen LogP contribution >= 0.6 is 0 Å². The first-order valence-corrected chi connectivity index (χ1v) is 6.64. The van der Waals surface area contributed by atoms with Crippen molar-refractivity contribution in [2.45, 2.75) is 32.7 Å². The van der Waals surface area contributed by atoms with E-state index >= 15 is 0 Å². The molecule has 1 atom stereocenters. The molecule has 1 N–H and O–H groups in total. The maximum atomic E-state index is 11.4. The van der Waals surface area contributed by atoms with E-state index in [-0.39, 0.29) is 18.3 Å². The van der Waals surface area contributed by atoms with E-state index < -0.39 is 6.04 Å². The predicted octanol–water partition coefficient (Wildman–Crippen LogP) is 3.34. The zero-order valence-electron chi connectivity index (χ0n) is 12.1. The summed E-state index contributed by atoms with van der Waals surface area (Å²) in [7, 11) is 0. The number of azide groups is 1. The lowest BCUT2D eigenvalue weighted by molar-refractivity contribution is -0.143. The van der Waals surface area contributed by atoms with Crippen molar-refractivity contribution in [3.63, 3.8) is 0 Å². The summed E-state index contributed by atoms with van der Waals surface area (Å²) in [6.45, 7) is 3.47. The number of carbonyl (C=O) groups excluding carboxylic acids is 2. The molecule has 7 heteroatoms. The lowest BCUT2D eigenvalue weighted by atomic mass is 10.0. The fourth-order valence-electron chi connectivity index (χ4n) is 1.87. The van der Waals surface area contributed by atoms with Gasteiger partial charge >= 0.3 is 5.97 Å². The van der Waals surface area contributed by atoms with Gasteiger partial charge in [-0.1, -0.05) is 17.2 Å². The number of anilines is 1. The van der Waals surface area contributed by atoms with Crippen molar-refractivity contribution in [1.29, 1.82) is 0 Å². The number of amides is 1. The van der Waals surface area contributed by atoms with Gasteiger partial charge in [0, 0.05) is 23.9 Å². The molecule has 0 saturated carbocycles. The van der Waals surface area contributed by atoms with Gasteiger partial charge in [-0.15, -0.1) is 0 Å². The van der Waals surface area contributed by atoms with E-state index in [1.165, 1.54) is 6.92 Å². The van der Waals surface area contributed by atoms with Crippen LogP contribution < -0.4 is 5.32 Å². The van der Waals surface area contributed by atoms with Gasteiger partial charge in [0.05, 0.1) is 12.6 Å². The third kappa shape index (κ3) is 5.97. The fourth-order valence-corrected chi connectivity index (χ4v) is 1.87. The second kappa shape index (κ2) is 8.60. The van der Waals surface area contributed by atoms with Crippen LogP contribution in [0.3, 0.4) is 0 Å². The Morgan fingerprint density at radius 2 is 2.24 bits per heavy atom. The summed E-state index contributed by atoms with van der Waals surface area (Å²) < 4.78 is 4.85. The topological polar surface area (TPSA) is 104 Å². The van der Waals surface area contributed by atoms with Gasteiger partial charge in [-0.25, -0.2) is 0 Å². The van der Waals surface area contributed by atoms with Crippen LogP contribution in [0.5, 0.6) is 0 Å². The lowest BCUT2D eigenvalue weighted by Crippen LogP contribution is -2.08. The van der Waals surface area contributed by atoms with E-state index in [9.17, 15) is 9.59 Å². The summed E-state index contributed by atoms with van der Waals surface area (Å²) in [5.74, 6) is -0.507. The molecular formula is C14H18N4O3. The van der Waals surface area contributed by atoms with Crippen LogP contribution in [0.15, 0.2) is 29.4 Å². The number of nitrogens with one attached hydrogen (secondary N) is 1. The third-order valence-electron chi connectivity index (χ3n) is 2.71. The van der Waals surface area contributed by atoms with Crippen LogP contribution in [-0.4, -0.2) is 18.5 Å². The highest BCUT2D eigenvalue weighted by molar-refractivity contribution is 5.88. The molecule has 1 unspecified atom stereocenters. The van der Waals surface area contributed by atoms with Gasteiger partial charge in [0.2, 0.25) is 5.91 Å². The van der Waals surface area contributed by atoms with Crippen molar-refractivity contribution in [2.75, 3.05) is 11.9 Å². The molecule has 7 nitrogen and oxygen atoms in total. The highest BCUT2D eigenvalue weighted by Gasteiger charge is 2.13. The second-order valence-electron chi connectivity index (χ2n) is 4.37. The normalized spacial score (nSPS) is 11.1. The second-order valence-corrected chi connectivity index (χ2v) is 4.37. The van der Waals surface area contributed by atoms with Crippen molar-refractivity contribution >= 4 is 17.6 Å². The van der Waals surface area contributed by atoms with Crippen LogP contribution in [0.2, 0.25) is 0 Å². The Morgan fingerprint density at radius 1 is 1.48 bits per heavy atom. The molecule has 0 fully saturated rings. The molecule has 0 aliphatic heterocycles. The molecule has 21 heavy (non-hydrogen) atoms. The van der Waals surface area contributed by atoms with Gasteiger partial charge in [0.15, 0.2) is 0 Å². The van der Waals surface area contributed by atoms with Gasteiger partial charge in [0.25, 0.3) is 0 Å². The number of ether oxygens (including phenoxy) is 1. The summed E-state index contributed by atoms with van der Waals surface area (Å²) >= 11 is 0. The minimum Gasteiger partial charge on any atom is -0.466 e. The van der Waals surface area contributed by atoms with Crippen molar-refractivity contribution in [1.82, 2.24) is 0 Å². The van der Waals surface area contributed by atoms with Crippen molar-refractivity contribution in [3.05, 3.63) is 40.3 Å². The van der Waals surface area contributed by atoms with E-state index in [2.05, 4.69) is 15.3 Å². The minimum absolute atomic E-state index is 0.169. The molecule has 1 aromatic rings. The Bertz CT molecular complexity index is 553. The largest absolute Gasteiger partial charge is 0.466 e. The first kappa shape index (κ1) is 16.5. The Morgan fingerprint density at radius 3 is 2.86 bits per heavy atom. The zero-order chi connectivity index (χ0) is 15.7. The predicted molar refractivity (Wildman–Crippen MR) is 78.5 cm³/mol. The average molecular weight is 290 g/mol. The summed E-state index contributed by atoms with van der Waals surface area (Å²) in [5.41, 5.74) is 10.0. The summed E-state index contributed by atoms with van der Waals surface area (Å²) in [5, 5.41) is 6.37. The van der Waals surface area contributed by atoms with Crippen molar-refractivity contribution in [3.8, 4) is 0 Å². The Hall–Kier alpha value is -2.53. The quantitative estimate of drug-likeness (QED) is 0.360. The maximum absolute atomic E-state index is 11.4. The third-order valence-corrected chi connectivity index (χ3v) is 2.71. The maximum Gasteiger partial charge on any atom is 0.305 e. The van der Waals surface area contributed by atoms with Gasteiger partial charge in [-0.2, -0.15) is 0 Å². The highest BCUT2D eigenvalue weighted by atomic mass is 16.5. The van der Waals surface area contributed by atoms with Crippen LogP contribution in [0.4, 0.5) is 5.69 Å². The van der Waals surface area contributed by atoms with Crippen molar-refractivity contribution < 1.29 is 14.3 Å². The van der Waals surface area contributed by atoms with Crippen LogP contribution in [0, 0.1) is 0 Å². The number of rotatable bonds is 7. The molecule has 0 saturated heterocycles. The lowest BCUT2D eigenvalue weighted by Gasteiger charge is -2.12. The first-order valence-electron chi connectivity index (χ1n) is 6.64. The molecule has 0 aliphatic rings. The zero-order valence-corrected chi connectivity index (χ0v) is 12.1. The van der Waals surface area contributed by atoms with Crippen LogP contribution in [0.25, 0.3) is 10.4 Å². The Labute approximate surface area is 122 Å². The molecule has 0 bridgehead atoms. The van der Waals surface area contributed by atoms with E-state index in [0.29, 0.717) is 18.7 Å². The van der Waals surface area contributed by atoms with Gasteiger partial charge in [-0.05, 0) is 36.6 Å². The Kier molecular flexibility index (Phi) is 6.77. The SMILES string of the molecule is CCOC(=O)CCC(N=[N+]=[N-])c1cccc(NC(C)=O)c1. The number of hydrogen-bond acceptors (Lipinski definition) is 4. The molecule has 0 aromatic heterocycles. The number of nitrogens with zero attached hydrogens (tertiary/aromatic N) is 3. The molecule has 112 valence electrons. The van der Waals surface area contributed by atoms with E-state index in [0.717, 1.165) is 5.56 Å². The molecule has 0 radical (unpaired) electrons. The first-order chi connectivity index (χ1) is 10.1. The van der Waals surface area contributed by atoms with Crippen LogP contribution in [-0.2, 0) is 14.3 Å². The Balaban J connectivity index is 2.82. The highest BCUT2D eigenvalue weighted by Crippen LogP contribution is 2.25. The number of hydrogen-bond donors (Lipinski definition) is 1.